The lowest BCUT2D eigenvalue weighted by Crippen LogP contribution is -2.13. The predicted octanol–water partition coefficient (Wildman–Crippen LogP) is 4.12. The van der Waals surface area contributed by atoms with Gasteiger partial charge in [0.05, 0.1) is 17.6 Å². The minimum atomic E-state index is -0.539. The van der Waals surface area contributed by atoms with Crippen molar-refractivity contribution in [2.45, 2.75) is 13.3 Å². The van der Waals surface area contributed by atoms with E-state index in [4.69, 9.17) is 4.74 Å². The number of hydrogen-bond acceptors (Lipinski definition) is 4. The summed E-state index contributed by atoms with van der Waals surface area (Å²) in [6.45, 7) is 2.42. The third-order valence-electron chi connectivity index (χ3n) is 3.70. The van der Waals surface area contributed by atoms with Crippen LogP contribution in [0.2, 0.25) is 0 Å². The van der Waals surface area contributed by atoms with Crippen LogP contribution in [0, 0.1) is 10.1 Å². The Bertz CT molecular complexity index is 933. The maximum atomic E-state index is 12.4. The van der Waals surface area contributed by atoms with Crippen molar-refractivity contribution in [2.24, 2.45) is 0 Å². The van der Waals surface area contributed by atoms with E-state index in [0.29, 0.717) is 17.9 Å². The van der Waals surface area contributed by atoms with Gasteiger partial charge in [-0.05, 0) is 42.1 Å². The van der Waals surface area contributed by atoms with Crippen molar-refractivity contribution in [3.63, 3.8) is 0 Å². The van der Waals surface area contributed by atoms with Crippen LogP contribution in [-0.4, -0.2) is 22.4 Å². The molecule has 0 saturated heterocycles. The van der Waals surface area contributed by atoms with Crippen molar-refractivity contribution in [3.8, 4) is 5.75 Å². The lowest BCUT2D eigenvalue weighted by molar-refractivity contribution is -0.384. The first kappa shape index (κ1) is 16.5. The van der Waals surface area contributed by atoms with Crippen LogP contribution in [-0.2, 0) is 0 Å². The Morgan fingerprint density at radius 3 is 2.84 bits per heavy atom. The second kappa shape index (κ2) is 7.04. The van der Waals surface area contributed by atoms with Crippen molar-refractivity contribution in [2.75, 3.05) is 11.9 Å². The normalized spacial score (nSPS) is 10.6. The van der Waals surface area contributed by atoms with E-state index in [2.05, 4.69) is 10.3 Å². The van der Waals surface area contributed by atoms with Crippen LogP contribution in [0.3, 0.4) is 0 Å². The number of anilines is 1. The van der Waals surface area contributed by atoms with E-state index in [1.165, 1.54) is 12.1 Å². The number of nitrogens with one attached hydrogen (secondary N) is 2. The number of fused-ring (bicyclic) bond motifs is 1. The first-order valence-corrected chi connectivity index (χ1v) is 7.88. The van der Waals surface area contributed by atoms with Gasteiger partial charge in [0.1, 0.15) is 11.4 Å². The number of aromatic amines is 1. The van der Waals surface area contributed by atoms with Gasteiger partial charge in [-0.1, -0.05) is 13.0 Å². The van der Waals surface area contributed by atoms with Crippen molar-refractivity contribution >= 4 is 28.2 Å². The number of hydrogen-bond donors (Lipinski definition) is 2. The minimum absolute atomic E-state index is 0.130. The molecule has 7 heteroatoms. The fraction of sp³-hybridized carbons (Fsp3) is 0.167. The van der Waals surface area contributed by atoms with E-state index in [1.54, 1.807) is 24.4 Å². The number of nitro groups is 1. The summed E-state index contributed by atoms with van der Waals surface area (Å²) < 4.78 is 5.41. The van der Waals surface area contributed by atoms with Crippen molar-refractivity contribution in [1.29, 1.82) is 0 Å². The van der Waals surface area contributed by atoms with Gasteiger partial charge in [0.2, 0.25) is 0 Å². The van der Waals surface area contributed by atoms with E-state index < -0.39 is 10.8 Å². The molecule has 0 unspecified atom stereocenters. The van der Waals surface area contributed by atoms with Gasteiger partial charge in [0, 0.05) is 17.3 Å². The summed E-state index contributed by atoms with van der Waals surface area (Å²) in [6, 6.07) is 11.5. The minimum Gasteiger partial charge on any atom is -0.493 e. The first-order chi connectivity index (χ1) is 12.1. The van der Waals surface area contributed by atoms with E-state index in [9.17, 15) is 14.9 Å². The summed E-state index contributed by atoms with van der Waals surface area (Å²) in [4.78, 5) is 26.2. The standard InChI is InChI=1S/C18H17N3O4/c1-2-9-25-14-5-6-15(17(11-14)21(23)24)20-18(22)13-4-3-12-7-8-19-16(12)10-13/h3-8,10-11,19H,2,9H2,1H3,(H,20,22). The lowest BCUT2D eigenvalue weighted by atomic mass is 10.1. The highest BCUT2D eigenvalue weighted by Crippen LogP contribution is 2.29. The Hall–Kier alpha value is -3.35. The first-order valence-electron chi connectivity index (χ1n) is 7.88. The molecule has 0 radical (unpaired) electrons. The highest BCUT2D eigenvalue weighted by molar-refractivity contribution is 6.07. The molecule has 0 spiro atoms. The molecule has 2 N–H and O–H groups in total. The van der Waals surface area contributed by atoms with Gasteiger partial charge < -0.3 is 15.0 Å². The summed E-state index contributed by atoms with van der Waals surface area (Å²) in [7, 11) is 0. The van der Waals surface area contributed by atoms with Gasteiger partial charge in [-0.15, -0.1) is 0 Å². The fourth-order valence-electron chi connectivity index (χ4n) is 2.46. The molecule has 7 nitrogen and oxygen atoms in total. The predicted molar refractivity (Wildman–Crippen MR) is 95.1 cm³/mol. The highest BCUT2D eigenvalue weighted by atomic mass is 16.6. The number of carbonyl (C=O) groups excluding carboxylic acids is 1. The van der Waals surface area contributed by atoms with Crippen LogP contribution in [0.25, 0.3) is 10.9 Å². The number of carbonyl (C=O) groups is 1. The van der Waals surface area contributed by atoms with Crippen molar-refractivity contribution < 1.29 is 14.5 Å². The number of H-pyrrole nitrogens is 1. The molecule has 0 fully saturated rings. The fourth-order valence-corrected chi connectivity index (χ4v) is 2.46. The molecule has 1 aromatic heterocycles. The van der Waals surface area contributed by atoms with Crippen LogP contribution in [0.5, 0.6) is 5.75 Å². The monoisotopic (exact) mass is 339 g/mol. The van der Waals surface area contributed by atoms with Gasteiger partial charge in [-0.2, -0.15) is 0 Å². The number of nitro benzene ring substituents is 1. The van der Waals surface area contributed by atoms with E-state index in [-0.39, 0.29) is 11.4 Å². The number of amides is 1. The van der Waals surface area contributed by atoms with Crippen molar-refractivity contribution in [3.05, 3.63) is 64.3 Å². The van der Waals surface area contributed by atoms with Crippen LogP contribution in [0.1, 0.15) is 23.7 Å². The molecule has 0 saturated carbocycles. The number of benzene rings is 2. The van der Waals surface area contributed by atoms with Crippen LogP contribution in [0.4, 0.5) is 11.4 Å². The summed E-state index contributed by atoms with van der Waals surface area (Å²) in [5, 5.41) is 14.9. The number of rotatable bonds is 6. The average Bonchev–Trinajstić information content (AvgIpc) is 3.08. The summed E-state index contributed by atoms with van der Waals surface area (Å²) >= 11 is 0. The van der Waals surface area contributed by atoms with Gasteiger partial charge in [-0.25, -0.2) is 0 Å². The molecule has 3 aromatic rings. The Balaban J connectivity index is 1.85. The molecular formula is C18H17N3O4. The number of nitrogens with zero attached hydrogens (tertiary/aromatic N) is 1. The Morgan fingerprint density at radius 2 is 2.08 bits per heavy atom. The SMILES string of the molecule is CCCOc1ccc(NC(=O)c2ccc3cc[nH]c3c2)c([N+](=O)[O-])c1. The third kappa shape index (κ3) is 3.60. The Morgan fingerprint density at radius 1 is 1.24 bits per heavy atom. The van der Waals surface area contributed by atoms with Crippen LogP contribution < -0.4 is 10.1 Å². The molecule has 0 bridgehead atoms. The maximum absolute atomic E-state index is 12.4. The molecule has 1 heterocycles. The quantitative estimate of drug-likeness (QED) is 0.521. The Labute approximate surface area is 143 Å². The molecular weight excluding hydrogens is 322 g/mol. The van der Waals surface area contributed by atoms with Gasteiger partial charge in [-0.3, -0.25) is 14.9 Å². The molecule has 1 amide bonds. The molecule has 2 aromatic carbocycles. The number of aromatic nitrogens is 1. The molecule has 128 valence electrons. The Kier molecular flexibility index (Phi) is 4.65. The van der Waals surface area contributed by atoms with Crippen LogP contribution >= 0.6 is 0 Å². The summed E-state index contributed by atoms with van der Waals surface area (Å²) in [5.74, 6) is -0.0128. The second-order valence-electron chi connectivity index (χ2n) is 5.52. The molecule has 3 rings (SSSR count). The smallest absolute Gasteiger partial charge is 0.296 e. The van der Waals surface area contributed by atoms with E-state index in [1.807, 2.05) is 19.1 Å². The van der Waals surface area contributed by atoms with Crippen LogP contribution in [0.15, 0.2) is 48.7 Å². The average molecular weight is 339 g/mol. The third-order valence-corrected chi connectivity index (χ3v) is 3.70. The zero-order chi connectivity index (χ0) is 17.8. The summed E-state index contributed by atoms with van der Waals surface area (Å²) in [5.41, 5.74) is 1.16. The molecule has 0 aliphatic carbocycles. The lowest BCUT2D eigenvalue weighted by Gasteiger charge is -2.09. The van der Waals surface area contributed by atoms with Crippen molar-refractivity contribution in [1.82, 2.24) is 4.98 Å². The molecule has 0 aliphatic rings. The second-order valence-corrected chi connectivity index (χ2v) is 5.52. The molecule has 25 heavy (non-hydrogen) atoms. The topological polar surface area (TPSA) is 97.3 Å². The molecule has 0 atom stereocenters. The molecule has 0 aliphatic heterocycles. The number of ether oxygens (including phenoxy) is 1. The van der Waals surface area contributed by atoms with Gasteiger partial charge >= 0.3 is 0 Å². The largest absolute Gasteiger partial charge is 0.493 e. The summed E-state index contributed by atoms with van der Waals surface area (Å²) in [6.07, 6.45) is 2.58. The highest BCUT2D eigenvalue weighted by Gasteiger charge is 2.18. The maximum Gasteiger partial charge on any atom is 0.296 e. The zero-order valence-corrected chi connectivity index (χ0v) is 13.6. The van der Waals surface area contributed by atoms with E-state index in [0.717, 1.165) is 17.3 Å². The van der Waals surface area contributed by atoms with Gasteiger partial charge in [0.15, 0.2) is 0 Å². The van der Waals surface area contributed by atoms with E-state index >= 15 is 0 Å². The zero-order valence-electron chi connectivity index (χ0n) is 13.6. The van der Waals surface area contributed by atoms with Gasteiger partial charge in [0.25, 0.3) is 11.6 Å².